The molecule has 0 N–H and O–H groups in total. The van der Waals surface area contributed by atoms with Crippen LogP contribution in [0, 0.1) is 16.7 Å². The Morgan fingerprint density at radius 2 is 2.17 bits per heavy atom. The number of allylic oxidation sites excluding steroid dienone is 2. The molecule has 2 aliphatic rings. The van der Waals surface area contributed by atoms with E-state index >= 15 is 0 Å². The molecule has 0 amide bonds. The minimum Gasteiger partial charge on any atom is -0.250 e. The topological polar surface area (TPSA) is 36.1 Å². The van der Waals surface area contributed by atoms with Crippen LogP contribution in [-0.2, 0) is 0 Å². The molecule has 0 spiro atoms. The van der Waals surface area contributed by atoms with Crippen LogP contribution in [0.3, 0.4) is 0 Å². The van der Waals surface area contributed by atoms with Gasteiger partial charge in [-0.3, -0.25) is 0 Å². The van der Waals surface area contributed by atoms with Crippen LogP contribution in [0.1, 0.15) is 24.8 Å². The van der Waals surface area contributed by atoms with Gasteiger partial charge in [-0.2, -0.15) is 5.26 Å². The van der Waals surface area contributed by atoms with Crippen LogP contribution in [-0.4, -0.2) is 10.8 Å². The molecule has 2 nitrogen and oxygen atoms in total. The molecule has 2 atom stereocenters. The lowest BCUT2D eigenvalue weighted by Gasteiger charge is -2.29. The Morgan fingerprint density at radius 1 is 1.39 bits per heavy atom. The fraction of sp³-hybridized carbons (Fsp3) is 0.333. The summed E-state index contributed by atoms with van der Waals surface area (Å²) in [6.45, 7) is 2.00. The largest absolute Gasteiger partial charge is 0.250 e. The quantitative estimate of drug-likeness (QED) is 0.765. The maximum Gasteiger partial charge on any atom is 0.116 e. The molecule has 18 heavy (non-hydrogen) atoms. The average Bonchev–Trinajstić information content (AvgIpc) is 2.78. The predicted molar refractivity (Wildman–Crippen MR) is 75.5 cm³/mol. The molecule has 2 aliphatic heterocycles. The van der Waals surface area contributed by atoms with Crippen molar-refractivity contribution >= 4 is 16.8 Å². The number of hydrogen-bond acceptors (Lipinski definition) is 3. The smallest absolute Gasteiger partial charge is 0.116 e. The second kappa shape index (κ2) is 4.29. The van der Waals surface area contributed by atoms with Crippen molar-refractivity contribution in [2.75, 3.05) is 5.75 Å². The van der Waals surface area contributed by atoms with Gasteiger partial charge in [-0.05, 0) is 18.9 Å². The number of fused-ring (bicyclic) bond motifs is 1. The molecule has 2 heterocycles. The summed E-state index contributed by atoms with van der Waals surface area (Å²) in [7, 11) is 0. The van der Waals surface area contributed by atoms with Crippen LogP contribution in [0.4, 0.5) is 0 Å². The third-order valence-corrected chi connectivity index (χ3v) is 4.99. The first-order valence-electron chi connectivity index (χ1n) is 6.11. The number of rotatable bonds is 1. The first kappa shape index (κ1) is 11.6. The van der Waals surface area contributed by atoms with Crippen LogP contribution in [0.2, 0.25) is 0 Å². The molecular weight excluding hydrogens is 240 g/mol. The normalized spacial score (nSPS) is 30.1. The molecule has 0 radical (unpaired) electrons. The Hall–Kier alpha value is -1.53. The highest BCUT2D eigenvalue weighted by Gasteiger charge is 2.50. The van der Waals surface area contributed by atoms with E-state index in [-0.39, 0.29) is 5.92 Å². The van der Waals surface area contributed by atoms with Gasteiger partial charge in [0.25, 0.3) is 0 Å². The number of hydrogen-bond donors (Lipinski definition) is 0. The van der Waals surface area contributed by atoms with Gasteiger partial charge in [0.1, 0.15) is 5.41 Å². The fourth-order valence-electron chi connectivity index (χ4n) is 2.70. The van der Waals surface area contributed by atoms with Gasteiger partial charge in [0, 0.05) is 17.4 Å². The third-order valence-electron chi connectivity index (χ3n) is 3.76. The van der Waals surface area contributed by atoms with E-state index in [2.05, 4.69) is 29.3 Å². The third kappa shape index (κ3) is 1.60. The second-order valence-corrected chi connectivity index (χ2v) is 5.83. The van der Waals surface area contributed by atoms with Crippen molar-refractivity contribution in [2.45, 2.75) is 19.3 Å². The molecule has 0 aromatic heterocycles. The SMILES string of the molecule is CC1=CCC2(C#N)C(=N1)SCC2c1ccccc1. The first-order valence-corrected chi connectivity index (χ1v) is 7.10. The lowest BCUT2D eigenvalue weighted by Crippen LogP contribution is -2.31. The number of nitrogens with zero attached hydrogens (tertiary/aromatic N) is 2. The number of benzene rings is 1. The summed E-state index contributed by atoms with van der Waals surface area (Å²) in [4.78, 5) is 4.58. The molecule has 0 bridgehead atoms. The van der Waals surface area contributed by atoms with E-state index in [9.17, 15) is 5.26 Å². The molecule has 1 fully saturated rings. The molecule has 3 heteroatoms. The van der Waals surface area contributed by atoms with Crippen LogP contribution in [0.5, 0.6) is 0 Å². The summed E-state index contributed by atoms with van der Waals surface area (Å²) in [5.41, 5.74) is 1.87. The van der Waals surface area contributed by atoms with Crippen LogP contribution in [0.15, 0.2) is 47.1 Å². The minimum atomic E-state index is -0.425. The monoisotopic (exact) mass is 254 g/mol. The second-order valence-electron chi connectivity index (χ2n) is 4.82. The van der Waals surface area contributed by atoms with E-state index in [4.69, 9.17) is 0 Å². The summed E-state index contributed by atoms with van der Waals surface area (Å²) in [5, 5.41) is 10.7. The molecule has 1 aromatic rings. The van der Waals surface area contributed by atoms with Crippen molar-refractivity contribution in [1.29, 1.82) is 5.26 Å². The van der Waals surface area contributed by atoms with Gasteiger partial charge < -0.3 is 0 Å². The maximum atomic E-state index is 9.70. The maximum absolute atomic E-state index is 9.70. The van der Waals surface area contributed by atoms with E-state index in [0.29, 0.717) is 0 Å². The summed E-state index contributed by atoms with van der Waals surface area (Å²) in [5.74, 6) is 1.22. The molecular formula is C15H14N2S. The standard InChI is InChI=1S/C15H14N2S/c1-11-7-8-15(10-16)13(9-18-14(15)17-11)12-5-3-2-4-6-12/h2-7,13H,8-9H2,1H3. The highest BCUT2D eigenvalue weighted by atomic mass is 32.2. The van der Waals surface area contributed by atoms with E-state index < -0.39 is 5.41 Å². The van der Waals surface area contributed by atoms with Gasteiger partial charge >= 0.3 is 0 Å². The molecule has 0 saturated carbocycles. The number of thioether (sulfide) groups is 1. The molecule has 90 valence electrons. The molecule has 2 unspecified atom stereocenters. The van der Waals surface area contributed by atoms with Crippen LogP contribution < -0.4 is 0 Å². The zero-order chi connectivity index (χ0) is 12.6. The summed E-state index contributed by atoms with van der Waals surface area (Å²) in [6, 6.07) is 12.9. The molecule has 1 aromatic carbocycles. The van der Waals surface area contributed by atoms with Crippen molar-refractivity contribution < 1.29 is 0 Å². The van der Waals surface area contributed by atoms with E-state index in [0.717, 1.165) is 22.9 Å². The van der Waals surface area contributed by atoms with E-state index in [1.165, 1.54) is 5.56 Å². The minimum absolute atomic E-state index is 0.261. The average molecular weight is 254 g/mol. The Bertz CT molecular complexity index is 568. The first-order chi connectivity index (χ1) is 8.76. The summed E-state index contributed by atoms with van der Waals surface area (Å²) >= 11 is 1.74. The van der Waals surface area contributed by atoms with Crippen molar-refractivity contribution in [3.8, 4) is 6.07 Å². The highest BCUT2D eigenvalue weighted by Crippen LogP contribution is 2.53. The Morgan fingerprint density at radius 3 is 2.89 bits per heavy atom. The predicted octanol–water partition coefficient (Wildman–Crippen LogP) is 3.73. The lowest BCUT2D eigenvalue weighted by molar-refractivity contribution is 0.477. The van der Waals surface area contributed by atoms with Gasteiger partial charge in [0.2, 0.25) is 0 Å². The van der Waals surface area contributed by atoms with Gasteiger partial charge in [0.15, 0.2) is 0 Å². The Labute approximate surface area is 111 Å². The van der Waals surface area contributed by atoms with Crippen LogP contribution >= 0.6 is 11.8 Å². The van der Waals surface area contributed by atoms with Gasteiger partial charge in [-0.15, -0.1) is 11.8 Å². The lowest BCUT2D eigenvalue weighted by atomic mass is 9.71. The Kier molecular flexibility index (Phi) is 2.76. The number of nitriles is 1. The van der Waals surface area contributed by atoms with E-state index in [1.807, 2.05) is 25.1 Å². The highest BCUT2D eigenvalue weighted by molar-refractivity contribution is 8.14. The van der Waals surface area contributed by atoms with Crippen molar-refractivity contribution in [2.24, 2.45) is 10.4 Å². The van der Waals surface area contributed by atoms with Crippen molar-refractivity contribution in [3.63, 3.8) is 0 Å². The summed E-state index contributed by atoms with van der Waals surface area (Å²) in [6.07, 6.45) is 2.88. The van der Waals surface area contributed by atoms with Gasteiger partial charge in [-0.25, -0.2) is 4.99 Å². The van der Waals surface area contributed by atoms with Crippen LogP contribution in [0.25, 0.3) is 0 Å². The van der Waals surface area contributed by atoms with Crippen molar-refractivity contribution in [1.82, 2.24) is 0 Å². The van der Waals surface area contributed by atoms with E-state index in [1.54, 1.807) is 11.8 Å². The Balaban J connectivity index is 2.06. The van der Waals surface area contributed by atoms with Gasteiger partial charge in [-0.1, -0.05) is 36.4 Å². The zero-order valence-corrected chi connectivity index (χ0v) is 11.1. The molecule has 0 aliphatic carbocycles. The molecule has 3 rings (SSSR count). The molecule has 1 saturated heterocycles. The number of aliphatic imine (C=N–C) groups is 1. The fourth-order valence-corrected chi connectivity index (χ4v) is 4.23. The summed E-state index contributed by atoms with van der Waals surface area (Å²) < 4.78 is 0. The van der Waals surface area contributed by atoms with Crippen molar-refractivity contribution in [3.05, 3.63) is 47.7 Å². The van der Waals surface area contributed by atoms with Gasteiger partial charge in [0.05, 0.1) is 11.1 Å². The zero-order valence-electron chi connectivity index (χ0n) is 10.3.